The summed E-state index contributed by atoms with van der Waals surface area (Å²) in [5.74, 6) is 0.133. The number of aryl methyl sites for hydroxylation is 1. The first kappa shape index (κ1) is 19.0. The van der Waals surface area contributed by atoms with Crippen LogP contribution in [-0.2, 0) is 0 Å². The van der Waals surface area contributed by atoms with Crippen LogP contribution in [0.3, 0.4) is 0 Å². The van der Waals surface area contributed by atoms with Crippen LogP contribution in [0, 0.1) is 12.7 Å². The number of nitrogens with zero attached hydrogens (tertiary/aromatic N) is 2. The van der Waals surface area contributed by atoms with Crippen molar-refractivity contribution in [2.75, 3.05) is 5.32 Å². The van der Waals surface area contributed by atoms with Gasteiger partial charge in [0.25, 0.3) is 11.6 Å². The van der Waals surface area contributed by atoms with Crippen LogP contribution in [-0.4, -0.2) is 15.9 Å². The first-order valence-corrected chi connectivity index (χ1v) is 10.6. The fourth-order valence-electron chi connectivity index (χ4n) is 4.77. The Kier molecular flexibility index (Phi) is 4.07. The van der Waals surface area contributed by atoms with Gasteiger partial charge in [-0.05, 0) is 25.1 Å². The van der Waals surface area contributed by atoms with Crippen molar-refractivity contribution in [3.63, 3.8) is 0 Å². The Morgan fingerprint density at radius 3 is 2.53 bits per heavy atom. The van der Waals surface area contributed by atoms with Gasteiger partial charge in [0.1, 0.15) is 17.7 Å². The number of aromatic nitrogens is 3. The highest BCUT2D eigenvalue weighted by Gasteiger charge is 2.46. The summed E-state index contributed by atoms with van der Waals surface area (Å²) in [4.78, 5) is 18.0. The summed E-state index contributed by atoms with van der Waals surface area (Å²) in [7, 11) is 0. The number of carbonyl (C=O) groups excluding carboxylic acids is 1. The number of hydrogen-bond acceptors (Lipinski definition) is 3. The van der Waals surface area contributed by atoms with Crippen molar-refractivity contribution in [2.24, 2.45) is 0 Å². The molecule has 4 aromatic rings. The molecule has 1 aliphatic heterocycles. The molecule has 1 atom stereocenters. The molecule has 2 N–H and O–H groups in total. The molecule has 0 saturated carbocycles. The van der Waals surface area contributed by atoms with Crippen LogP contribution in [0.5, 0.6) is 0 Å². The average Bonchev–Trinajstić information content (AvgIpc) is 3.29. The molecule has 0 radical (unpaired) electrons. The lowest BCUT2D eigenvalue weighted by molar-refractivity contribution is -0.645. The number of H-pyrrole nitrogens is 1. The van der Waals surface area contributed by atoms with Gasteiger partial charge in [0.2, 0.25) is 0 Å². The molecule has 0 fully saturated rings. The average molecular weight is 444 g/mol. The minimum atomic E-state index is -0.670. The minimum absolute atomic E-state index is 0.122. The minimum Gasteiger partial charge on any atom is -0.289 e. The number of pyridine rings is 1. The number of carbonyl (C=O) groups is 1. The van der Waals surface area contributed by atoms with Gasteiger partial charge in [0, 0.05) is 27.8 Å². The molecule has 5 nitrogen and oxygen atoms in total. The number of hydrogen-bond donors (Lipinski definition) is 2. The molecule has 156 valence electrons. The fourth-order valence-corrected chi connectivity index (χ4v) is 5.04. The zero-order valence-electron chi connectivity index (χ0n) is 17.0. The molecule has 32 heavy (non-hydrogen) atoms. The zero-order valence-corrected chi connectivity index (χ0v) is 17.7. The van der Waals surface area contributed by atoms with E-state index in [1.807, 2.05) is 48.0 Å². The zero-order chi connectivity index (χ0) is 22.0. The molecule has 0 saturated heterocycles. The number of benzene rings is 2. The fraction of sp³-hybridized carbons (Fsp3) is 0.0800. The maximum atomic E-state index is 15.2. The van der Waals surface area contributed by atoms with E-state index in [1.54, 1.807) is 24.4 Å². The molecule has 2 aliphatic rings. The van der Waals surface area contributed by atoms with Gasteiger partial charge in [-0.3, -0.25) is 10.1 Å². The molecular weight excluding hydrogens is 427 g/mol. The molecular formula is C25H17ClFN4O+. The lowest BCUT2D eigenvalue weighted by atomic mass is 9.80. The highest BCUT2D eigenvalue weighted by molar-refractivity contribution is 6.32. The standard InChI is InChI=1S/C25H16ClFN4O/c1-13-19-21(20-16(26)9-6-10-17(20)27)22-23(14-7-2-3-8-15(14)24(22)32)29-25(19)31(30-13)18-11-4-5-12-28-18/h2-12,21H,1H3,(H,29,30,32)/p+1/t21-/m0/s1. The second-order valence-electron chi connectivity index (χ2n) is 7.88. The van der Waals surface area contributed by atoms with E-state index in [0.717, 1.165) is 16.8 Å². The Hall–Kier alpha value is -3.77. The molecule has 0 spiro atoms. The third kappa shape index (κ3) is 2.53. The van der Waals surface area contributed by atoms with Crippen molar-refractivity contribution in [1.29, 1.82) is 0 Å². The number of aromatic amines is 1. The largest absolute Gasteiger partial charge is 0.289 e. The Labute approximate surface area is 188 Å². The van der Waals surface area contributed by atoms with Gasteiger partial charge in [-0.1, -0.05) is 48.0 Å². The molecule has 2 aromatic carbocycles. The van der Waals surface area contributed by atoms with E-state index >= 15 is 4.39 Å². The van der Waals surface area contributed by atoms with E-state index < -0.39 is 11.7 Å². The van der Waals surface area contributed by atoms with E-state index in [4.69, 9.17) is 11.6 Å². The lowest BCUT2D eigenvalue weighted by Crippen LogP contribution is -2.38. The van der Waals surface area contributed by atoms with Crippen LogP contribution in [0.1, 0.15) is 38.7 Å². The third-order valence-corrected chi connectivity index (χ3v) is 6.43. The predicted octanol–water partition coefficient (Wildman–Crippen LogP) is 4.95. The van der Waals surface area contributed by atoms with Crippen LogP contribution in [0.2, 0.25) is 5.02 Å². The first-order chi connectivity index (χ1) is 15.6. The predicted molar refractivity (Wildman–Crippen MR) is 119 cm³/mol. The number of ketones is 1. The monoisotopic (exact) mass is 443 g/mol. The summed E-state index contributed by atoms with van der Waals surface area (Å²) < 4.78 is 17.1. The highest BCUT2D eigenvalue weighted by atomic mass is 35.5. The second kappa shape index (κ2) is 6.87. The molecule has 0 unspecified atom stereocenters. The molecule has 3 heterocycles. The molecule has 2 aromatic heterocycles. The topological polar surface area (TPSA) is 61.7 Å². The Balaban J connectivity index is 1.68. The van der Waals surface area contributed by atoms with Gasteiger partial charge >= 0.3 is 0 Å². The molecule has 1 aliphatic carbocycles. The lowest BCUT2D eigenvalue weighted by Gasteiger charge is -2.25. The summed E-state index contributed by atoms with van der Waals surface area (Å²) in [6.07, 6.45) is 1.71. The van der Waals surface area contributed by atoms with Crippen LogP contribution in [0.4, 0.5) is 10.2 Å². The van der Waals surface area contributed by atoms with Gasteiger partial charge in [0.05, 0.1) is 22.7 Å². The van der Waals surface area contributed by atoms with Crippen molar-refractivity contribution in [3.8, 4) is 5.82 Å². The van der Waals surface area contributed by atoms with Crippen molar-refractivity contribution >= 4 is 28.9 Å². The number of Topliss-reactive ketones (excluding diaryl/α,β-unsaturated/α-hetero) is 1. The van der Waals surface area contributed by atoms with Gasteiger partial charge < -0.3 is 0 Å². The number of nitrogens with one attached hydrogen (secondary N) is 2. The number of rotatable bonds is 2. The maximum absolute atomic E-state index is 15.2. The van der Waals surface area contributed by atoms with Crippen molar-refractivity contribution < 1.29 is 13.9 Å². The van der Waals surface area contributed by atoms with E-state index in [1.165, 1.54) is 6.07 Å². The summed E-state index contributed by atoms with van der Waals surface area (Å²) >= 11 is 6.53. The van der Waals surface area contributed by atoms with Crippen molar-refractivity contribution in [1.82, 2.24) is 10.1 Å². The van der Waals surface area contributed by atoms with Gasteiger partial charge in [0.15, 0.2) is 5.78 Å². The Morgan fingerprint density at radius 1 is 1.00 bits per heavy atom. The van der Waals surface area contributed by atoms with Crippen LogP contribution in [0.25, 0.3) is 11.5 Å². The molecule has 0 amide bonds. The van der Waals surface area contributed by atoms with Crippen molar-refractivity contribution in [2.45, 2.75) is 12.8 Å². The number of allylic oxidation sites excluding steroid dienone is 1. The quantitative estimate of drug-likeness (QED) is 0.431. The normalized spacial score (nSPS) is 16.5. The van der Waals surface area contributed by atoms with E-state index in [-0.39, 0.29) is 10.8 Å². The highest BCUT2D eigenvalue weighted by Crippen LogP contribution is 2.51. The van der Waals surface area contributed by atoms with Crippen LogP contribution < -0.4 is 10.00 Å². The van der Waals surface area contributed by atoms with E-state index in [0.29, 0.717) is 34.0 Å². The molecule has 7 heteroatoms. The first-order valence-electron chi connectivity index (χ1n) is 10.2. The summed E-state index contributed by atoms with van der Waals surface area (Å²) in [6, 6.07) is 17.6. The number of fused-ring (bicyclic) bond motifs is 3. The summed E-state index contributed by atoms with van der Waals surface area (Å²) in [5.41, 5.74) is 4.41. The van der Waals surface area contributed by atoms with Crippen LogP contribution in [0.15, 0.2) is 72.4 Å². The number of halogens is 2. The van der Waals surface area contributed by atoms with Gasteiger partial charge in [-0.25, -0.2) is 9.49 Å². The molecule has 6 rings (SSSR count). The van der Waals surface area contributed by atoms with Crippen molar-refractivity contribution in [3.05, 3.63) is 111 Å². The van der Waals surface area contributed by atoms with E-state index in [2.05, 4.69) is 15.4 Å². The van der Waals surface area contributed by atoms with Crippen LogP contribution >= 0.6 is 11.6 Å². The SMILES string of the molecule is Cc1[nH][n+](-c2ccccn2)c2c1[C@@H](c1c(F)cccc1Cl)C1=C(N2)c2ccccc2C1=O. The Morgan fingerprint density at radius 2 is 1.78 bits per heavy atom. The van der Waals surface area contributed by atoms with Gasteiger partial charge in [-0.15, -0.1) is 9.67 Å². The summed E-state index contributed by atoms with van der Waals surface area (Å²) in [5, 5.41) is 7.06. The summed E-state index contributed by atoms with van der Waals surface area (Å²) in [6.45, 7) is 1.90. The smallest absolute Gasteiger partial charge is 0.284 e. The Bertz CT molecular complexity index is 1440. The maximum Gasteiger partial charge on any atom is 0.284 e. The van der Waals surface area contributed by atoms with E-state index in [9.17, 15) is 4.79 Å². The number of anilines is 1. The third-order valence-electron chi connectivity index (χ3n) is 6.10. The van der Waals surface area contributed by atoms with Gasteiger partial charge in [-0.2, -0.15) is 0 Å². The molecule has 0 bridgehead atoms. The second-order valence-corrected chi connectivity index (χ2v) is 8.29.